The van der Waals surface area contributed by atoms with Crippen LogP contribution in [0.3, 0.4) is 0 Å². The molecule has 11 heteroatoms. The lowest BCUT2D eigenvalue weighted by atomic mass is 9.73. The third-order valence-corrected chi connectivity index (χ3v) is 9.46. The van der Waals surface area contributed by atoms with Crippen LogP contribution in [0.5, 0.6) is 0 Å². The van der Waals surface area contributed by atoms with Gasteiger partial charge in [0.2, 0.25) is 0 Å². The predicted molar refractivity (Wildman–Crippen MR) is 141 cm³/mol. The van der Waals surface area contributed by atoms with Crippen molar-refractivity contribution in [3.05, 3.63) is 29.2 Å². The number of nitrogens with zero attached hydrogens (tertiary/aromatic N) is 5. The molecule has 0 radical (unpaired) electrons. The standard InChI is InChI=1S/C25H35ClN6O3S/c1-15-22(27)25(14-35-15)4-6-31(7-5-25)23-18(13-33)30-21(10-29-23)36-19-8-20(28-9-17(19)26)32-11-16(12-32)24(2,3)34/h8-10,15-16,22,33-34H,4-7,11-14,27H2,1-3H3/t15-,22+/m0/s1. The highest BCUT2D eigenvalue weighted by Gasteiger charge is 2.47. The molecular formula is C25H35ClN6O3S. The van der Waals surface area contributed by atoms with Gasteiger partial charge in [0.1, 0.15) is 16.5 Å². The van der Waals surface area contributed by atoms with Crippen LogP contribution in [0.4, 0.5) is 11.6 Å². The molecule has 3 fully saturated rings. The molecule has 0 saturated carbocycles. The first-order valence-corrected chi connectivity index (χ1v) is 13.7. The Labute approximate surface area is 221 Å². The molecule has 9 nitrogen and oxygen atoms in total. The summed E-state index contributed by atoms with van der Waals surface area (Å²) in [7, 11) is 0. The molecule has 2 aromatic heterocycles. The first-order chi connectivity index (χ1) is 17.1. The molecule has 0 amide bonds. The van der Waals surface area contributed by atoms with E-state index in [2.05, 4.69) is 14.8 Å². The lowest BCUT2D eigenvalue weighted by Gasteiger charge is -2.46. The second-order valence-electron chi connectivity index (χ2n) is 10.9. The van der Waals surface area contributed by atoms with Gasteiger partial charge >= 0.3 is 0 Å². The van der Waals surface area contributed by atoms with Crippen molar-refractivity contribution in [2.45, 2.75) is 67.9 Å². The molecule has 196 valence electrons. The molecule has 0 bridgehead atoms. The summed E-state index contributed by atoms with van der Waals surface area (Å²) in [4.78, 5) is 19.0. The van der Waals surface area contributed by atoms with Crippen molar-refractivity contribution in [2.75, 3.05) is 42.6 Å². The van der Waals surface area contributed by atoms with E-state index in [9.17, 15) is 10.2 Å². The maximum absolute atomic E-state index is 10.2. The quantitative estimate of drug-likeness (QED) is 0.510. The van der Waals surface area contributed by atoms with Crippen molar-refractivity contribution in [3.63, 3.8) is 0 Å². The van der Waals surface area contributed by atoms with Crippen molar-refractivity contribution in [1.29, 1.82) is 0 Å². The minimum atomic E-state index is -0.706. The largest absolute Gasteiger partial charge is 0.390 e. The molecule has 36 heavy (non-hydrogen) atoms. The molecule has 4 N–H and O–H groups in total. The Kier molecular flexibility index (Phi) is 7.12. The van der Waals surface area contributed by atoms with Gasteiger partial charge in [0, 0.05) is 54.6 Å². The van der Waals surface area contributed by atoms with Crippen molar-refractivity contribution < 1.29 is 14.9 Å². The third kappa shape index (κ3) is 4.91. The summed E-state index contributed by atoms with van der Waals surface area (Å²) in [5.41, 5.74) is 6.33. The highest BCUT2D eigenvalue weighted by Crippen LogP contribution is 2.42. The first-order valence-electron chi connectivity index (χ1n) is 12.5. The number of pyridine rings is 1. The molecule has 2 atom stereocenters. The SMILES string of the molecule is C[C@@H]1OCC2(CCN(c3ncc(Sc4cc(N5CC(C(C)(C)O)C5)ncc4Cl)nc3CO)CC2)[C@@H]1N. The van der Waals surface area contributed by atoms with Crippen LogP contribution in [0.15, 0.2) is 28.4 Å². The van der Waals surface area contributed by atoms with Crippen LogP contribution in [0.1, 0.15) is 39.3 Å². The van der Waals surface area contributed by atoms with E-state index in [0.717, 1.165) is 55.6 Å². The highest BCUT2D eigenvalue weighted by atomic mass is 35.5. The molecule has 3 saturated heterocycles. The molecule has 5 rings (SSSR count). The molecule has 3 aliphatic heterocycles. The summed E-state index contributed by atoms with van der Waals surface area (Å²) in [6.07, 6.45) is 5.34. The minimum absolute atomic E-state index is 0.0255. The maximum Gasteiger partial charge on any atom is 0.152 e. The number of aromatic nitrogens is 3. The molecule has 5 heterocycles. The van der Waals surface area contributed by atoms with Crippen LogP contribution < -0.4 is 15.5 Å². The van der Waals surface area contributed by atoms with Gasteiger partial charge in [0.05, 0.1) is 36.1 Å². The molecule has 2 aromatic rings. The third-order valence-electron chi connectivity index (χ3n) is 8.08. The predicted octanol–water partition coefficient (Wildman–Crippen LogP) is 2.71. The normalized spacial score (nSPS) is 24.4. The summed E-state index contributed by atoms with van der Waals surface area (Å²) >= 11 is 7.86. The van der Waals surface area contributed by atoms with E-state index in [1.807, 2.05) is 26.8 Å². The molecular weight excluding hydrogens is 500 g/mol. The molecule has 1 spiro atoms. The van der Waals surface area contributed by atoms with E-state index >= 15 is 0 Å². The van der Waals surface area contributed by atoms with Crippen LogP contribution >= 0.6 is 23.4 Å². The zero-order chi connectivity index (χ0) is 25.7. The van der Waals surface area contributed by atoms with E-state index in [1.165, 1.54) is 11.8 Å². The summed E-state index contributed by atoms with van der Waals surface area (Å²) in [5.74, 6) is 1.75. The molecule has 0 aliphatic carbocycles. The minimum Gasteiger partial charge on any atom is -0.390 e. The number of ether oxygens (including phenoxy) is 1. The van der Waals surface area contributed by atoms with Crippen LogP contribution in [0, 0.1) is 11.3 Å². The fourth-order valence-corrected chi connectivity index (χ4v) is 6.37. The smallest absolute Gasteiger partial charge is 0.152 e. The average Bonchev–Trinajstić information content (AvgIpc) is 3.08. The topological polar surface area (TPSA) is 121 Å². The van der Waals surface area contributed by atoms with E-state index in [4.69, 9.17) is 32.0 Å². The fraction of sp³-hybridized carbons (Fsp3) is 0.640. The van der Waals surface area contributed by atoms with Crippen molar-refractivity contribution >= 4 is 35.0 Å². The average molecular weight is 535 g/mol. The number of anilines is 2. The Balaban J connectivity index is 1.27. The van der Waals surface area contributed by atoms with Gasteiger partial charge in [0.15, 0.2) is 5.82 Å². The van der Waals surface area contributed by atoms with Crippen LogP contribution in [-0.4, -0.2) is 75.7 Å². The zero-order valence-electron chi connectivity index (χ0n) is 21.0. The van der Waals surface area contributed by atoms with Crippen molar-refractivity contribution in [2.24, 2.45) is 17.1 Å². The Morgan fingerprint density at radius 3 is 2.56 bits per heavy atom. The second-order valence-corrected chi connectivity index (χ2v) is 12.3. The highest BCUT2D eigenvalue weighted by molar-refractivity contribution is 7.99. The summed E-state index contributed by atoms with van der Waals surface area (Å²) in [5, 5.41) is 21.5. The van der Waals surface area contributed by atoms with Crippen LogP contribution in [0.25, 0.3) is 0 Å². The van der Waals surface area contributed by atoms with E-state index < -0.39 is 5.60 Å². The number of nitrogens with two attached hydrogens (primary N) is 1. The number of aliphatic hydroxyl groups excluding tert-OH is 1. The Bertz CT molecular complexity index is 1100. The zero-order valence-corrected chi connectivity index (χ0v) is 22.6. The number of halogens is 1. The summed E-state index contributed by atoms with van der Waals surface area (Å²) < 4.78 is 5.84. The molecule has 0 aromatic carbocycles. The van der Waals surface area contributed by atoms with Gasteiger partial charge in [-0.15, -0.1) is 0 Å². The Morgan fingerprint density at radius 2 is 1.94 bits per heavy atom. The monoisotopic (exact) mass is 534 g/mol. The lowest BCUT2D eigenvalue weighted by molar-refractivity contribution is 0.00437. The number of aliphatic hydroxyl groups is 2. The number of hydrogen-bond acceptors (Lipinski definition) is 10. The van der Waals surface area contributed by atoms with Gasteiger partial charge in [-0.05, 0) is 39.7 Å². The summed E-state index contributed by atoms with van der Waals surface area (Å²) in [6, 6.07) is 1.99. The van der Waals surface area contributed by atoms with Gasteiger partial charge in [-0.25, -0.2) is 15.0 Å². The van der Waals surface area contributed by atoms with E-state index in [1.54, 1.807) is 12.4 Å². The van der Waals surface area contributed by atoms with Crippen LogP contribution in [-0.2, 0) is 11.3 Å². The second kappa shape index (κ2) is 9.89. The van der Waals surface area contributed by atoms with E-state index in [-0.39, 0.29) is 30.1 Å². The fourth-order valence-electron chi connectivity index (χ4n) is 5.35. The maximum atomic E-state index is 10.2. The van der Waals surface area contributed by atoms with Crippen molar-refractivity contribution in [1.82, 2.24) is 15.0 Å². The number of piperidine rings is 1. The van der Waals surface area contributed by atoms with Gasteiger partial charge in [0.25, 0.3) is 0 Å². The summed E-state index contributed by atoms with van der Waals surface area (Å²) in [6.45, 7) is 9.35. The van der Waals surface area contributed by atoms with E-state index in [0.29, 0.717) is 22.3 Å². The van der Waals surface area contributed by atoms with Crippen LogP contribution in [0.2, 0.25) is 5.02 Å². The van der Waals surface area contributed by atoms with Gasteiger partial charge < -0.3 is 30.5 Å². The number of hydrogen-bond donors (Lipinski definition) is 3. The van der Waals surface area contributed by atoms with Gasteiger partial charge in [-0.2, -0.15) is 0 Å². The lowest BCUT2D eigenvalue weighted by Crippen LogP contribution is -2.56. The number of rotatable bonds is 6. The van der Waals surface area contributed by atoms with Crippen molar-refractivity contribution in [3.8, 4) is 0 Å². The Morgan fingerprint density at radius 1 is 1.22 bits per heavy atom. The van der Waals surface area contributed by atoms with Gasteiger partial charge in [-0.1, -0.05) is 23.4 Å². The Hall–Kier alpha value is -1.69. The molecule has 0 unspecified atom stereocenters. The molecule has 3 aliphatic rings. The van der Waals surface area contributed by atoms with Gasteiger partial charge in [-0.3, -0.25) is 0 Å². The first kappa shape index (κ1) is 25.9.